The Morgan fingerprint density at radius 3 is 1.36 bits per heavy atom. The van der Waals surface area contributed by atoms with Gasteiger partial charge in [0.25, 0.3) is 0 Å². The third-order valence-electron chi connectivity index (χ3n) is 6.58. The van der Waals surface area contributed by atoms with Gasteiger partial charge in [-0.25, -0.2) is 10.1 Å². The van der Waals surface area contributed by atoms with E-state index in [9.17, 15) is 4.79 Å². The Bertz CT molecular complexity index is 392. The molecule has 0 fully saturated rings. The van der Waals surface area contributed by atoms with Gasteiger partial charge < -0.3 is 10.4 Å². The van der Waals surface area contributed by atoms with E-state index in [1.165, 1.54) is 128 Å². The molecule has 0 saturated carbocycles. The topological polar surface area (TPSA) is 78.8 Å². The summed E-state index contributed by atoms with van der Waals surface area (Å²) in [5, 5.41) is 20.2. The van der Waals surface area contributed by atoms with Crippen LogP contribution in [0.15, 0.2) is 0 Å². The van der Waals surface area contributed by atoms with Crippen LogP contribution in [0, 0.1) is 0 Å². The summed E-state index contributed by atoms with van der Waals surface area (Å²) < 4.78 is 0. The van der Waals surface area contributed by atoms with Crippen molar-refractivity contribution in [3.05, 3.63) is 0 Å². The van der Waals surface area contributed by atoms with E-state index >= 15 is 0 Å². The van der Waals surface area contributed by atoms with Crippen LogP contribution in [0.1, 0.15) is 161 Å². The Labute approximate surface area is 205 Å². The predicted molar refractivity (Wildman–Crippen MR) is 139 cm³/mol. The molecule has 0 aromatic heterocycles. The molecule has 1 atom stereocenters. The maximum Gasteiger partial charge on any atom is 0.219 e. The standard InChI is InChI=1S/C28H57NO4/c1-2-3-4-5-6-7-8-9-10-11-12-13-14-15-16-17-18-19-20-21-22-26-29-27(30)24-23-25-28(31)33-32/h28,31-32H,2-26H2,1H3,(H,29,30)/t28-/m0/s1. The van der Waals surface area contributed by atoms with Crippen LogP contribution in [0.2, 0.25) is 0 Å². The molecule has 0 spiro atoms. The minimum absolute atomic E-state index is 0.00769. The van der Waals surface area contributed by atoms with Gasteiger partial charge in [-0.15, -0.1) is 0 Å². The van der Waals surface area contributed by atoms with Gasteiger partial charge in [0.15, 0.2) is 6.29 Å². The highest BCUT2D eigenvalue weighted by Gasteiger charge is 2.05. The van der Waals surface area contributed by atoms with E-state index in [0.29, 0.717) is 12.8 Å². The molecule has 1 amide bonds. The van der Waals surface area contributed by atoms with E-state index in [1.54, 1.807) is 0 Å². The lowest BCUT2D eigenvalue weighted by Crippen LogP contribution is -2.24. The van der Waals surface area contributed by atoms with Crippen molar-refractivity contribution in [1.29, 1.82) is 0 Å². The Morgan fingerprint density at radius 1 is 0.636 bits per heavy atom. The van der Waals surface area contributed by atoms with Gasteiger partial charge >= 0.3 is 0 Å². The van der Waals surface area contributed by atoms with Gasteiger partial charge in [-0.05, 0) is 12.8 Å². The largest absolute Gasteiger partial charge is 0.366 e. The second kappa shape index (κ2) is 27.6. The van der Waals surface area contributed by atoms with Gasteiger partial charge in [0.2, 0.25) is 5.91 Å². The summed E-state index contributed by atoms with van der Waals surface area (Å²) in [5.74, 6) is 0.00769. The second-order valence-electron chi connectivity index (χ2n) is 9.87. The number of hydrogen-bond donors (Lipinski definition) is 3. The normalized spacial score (nSPS) is 12.2. The Kier molecular flexibility index (Phi) is 27.0. The van der Waals surface area contributed by atoms with E-state index < -0.39 is 6.29 Å². The first-order valence-corrected chi connectivity index (χ1v) is 14.5. The second-order valence-corrected chi connectivity index (χ2v) is 9.87. The molecule has 0 aliphatic rings. The lowest BCUT2D eigenvalue weighted by Gasteiger charge is -2.07. The maximum atomic E-state index is 11.6. The van der Waals surface area contributed by atoms with Gasteiger partial charge in [0.1, 0.15) is 0 Å². The molecule has 5 nitrogen and oxygen atoms in total. The summed E-state index contributed by atoms with van der Waals surface area (Å²) in [4.78, 5) is 15.4. The van der Waals surface area contributed by atoms with Crippen molar-refractivity contribution in [3.63, 3.8) is 0 Å². The number of nitrogens with one attached hydrogen (secondary N) is 1. The average Bonchev–Trinajstić information content (AvgIpc) is 2.82. The van der Waals surface area contributed by atoms with Crippen LogP contribution >= 0.6 is 0 Å². The Morgan fingerprint density at radius 2 is 1.00 bits per heavy atom. The van der Waals surface area contributed by atoms with Crippen molar-refractivity contribution in [2.75, 3.05) is 6.54 Å². The lowest BCUT2D eigenvalue weighted by atomic mass is 10.0. The molecular formula is C28H57NO4. The molecule has 0 aliphatic heterocycles. The van der Waals surface area contributed by atoms with Gasteiger partial charge in [0.05, 0.1) is 0 Å². The minimum atomic E-state index is -1.19. The van der Waals surface area contributed by atoms with Crippen LogP contribution < -0.4 is 5.32 Å². The molecule has 3 N–H and O–H groups in total. The number of unbranched alkanes of at least 4 members (excludes halogenated alkanes) is 20. The smallest absolute Gasteiger partial charge is 0.219 e. The van der Waals surface area contributed by atoms with Crippen molar-refractivity contribution in [2.24, 2.45) is 0 Å². The highest BCUT2D eigenvalue weighted by molar-refractivity contribution is 5.75. The monoisotopic (exact) mass is 471 g/mol. The molecular weight excluding hydrogens is 414 g/mol. The van der Waals surface area contributed by atoms with Crippen molar-refractivity contribution >= 4 is 5.91 Å². The van der Waals surface area contributed by atoms with E-state index in [-0.39, 0.29) is 12.3 Å². The molecule has 0 aromatic rings. The lowest BCUT2D eigenvalue weighted by molar-refractivity contribution is -0.335. The number of aliphatic hydroxyl groups is 1. The molecule has 0 unspecified atom stereocenters. The third-order valence-corrected chi connectivity index (χ3v) is 6.58. The fraction of sp³-hybridized carbons (Fsp3) is 0.964. The van der Waals surface area contributed by atoms with Crippen LogP contribution in [0.4, 0.5) is 0 Å². The van der Waals surface area contributed by atoms with Crippen molar-refractivity contribution in [3.8, 4) is 0 Å². The number of rotatable bonds is 27. The van der Waals surface area contributed by atoms with E-state index in [2.05, 4.69) is 17.1 Å². The minimum Gasteiger partial charge on any atom is -0.366 e. The fourth-order valence-corrected chi connectivity index (χ4v) is 4.36. The summed E-state index contributed by atoms with van der Waals surface area (Å²) in [6.45, 7) is 3.02. The predicted octanol–water partition coefficient (Wildman–Crippen LogP) is 8.29. The van der Waals surface area contributed by atoms with Crippen LogP contribution in [-0.4, -0.2) is 29.1 Å². The molecule has 0 heterocycles. The molecule has 33 heavy (non-hydrogen) atoms. The number of carbonyl (C=O) groups is 1. The Balaban J connectivity index is 3.11. The zero-order chi connectivity index (χ0) is 24.2. The van der Waals surface area contributed by atoms with E-state index in [1.807, 2.05) is 0 Å². The van der Waals surface area contributed by atoms with Gasteiger partial charge in [0, 0.05) is 19.4 Å². The van der Waals surface area contributed by atoms with Crippen LogP contribution in [0.25, 0.3) is 0 Å². The van der Waals surface area contributed by atoms with Gasteiger partial charge in [-0.2, -0.15) is 0 Å². The summed E-state index contributed by atoms with van der Waals surface area (Å²) in [5.41, 5.74) is 0. The molecule has 0 aliphatic carbocycles. The first-order valence-electron chi connectivity index (χ1n) is 14.5. The van der Waals surface area contributed by atoms with Crippen LogP contribution in [-0.2, 0) is 9.68 Å². The molecule has 0 radical (unpaired) electrons. The zero-order valence-electron chi connectivity index (χ0n) is 22.0. The molecule has 198 valence electrons. The summed E-state index contributed by atoms with van der Waals surface area (Å²) in [6.07, 6.45) is 28.9. The van der Waals surface area contributed by atoms with E-state index in [4.69, 9.17) is 10.4 Å². The van der Waals surface area contributed by atoms with Crippen LogP contribution in [0.3, 0.4) is 0 Å². The zero-order valence-corrected chi connectivity index (χ0v) is 22.0. The quantitative estimate of drug-likeness (QED) is 0.0487. The first kappa shape index (κ1) is 32.4. The number of carbonyl (C=O) groups excluding carboxylic acids is 1. The number of hydrogen-bond acceptors (Lipinski definition) is 4. The molecule has 0 bridgehead atoms. The SMILES string of the molecule is CCCCCCCCCCCCCCCCCCCCCCCNC(=O)CCC[C@@H](O)OO. The molecule has 5 heteroatoms. The maximum absolute atomic E-state index is 11.6. The van der Waals surface area contributed by atoms with Crippen molar-refractivity contribution in [2.45, 2.75) is 167 Å². The summed E-state index contributed by atoms with van der Waals surface area (Å²) >= 11 is 0. The number of aliphatic hydroxyl groups excluding tert-OH is 1. The third kappa shape index (κ3) is 27.5. The van der Waals surface area contributed by atoms with Gasteiger partial charge in [-0.3, -0.25) is 4.79 Å². The fourth-order valence-electron chi connectivity index (χ4n) is 4.36. The molecule has 0 aromatic carbocycles. The first-order chi connectivity index (χ1) is 16.2. The van der Waals surface area contributed by atoms with Crippen LogP contribution in [0.5, 0.6) is 0 Å². The van der Waals surface area contributed by atoms with E-state index in [0.717, 1.165) is 13.0 Å². The van der Waals surface area contributed by atoms with Gasteiger partial charge in [-0.1, -0.05) is 135 Å². The van der Waals surface area contributed by atoms with Crippen molar-refractivity contribution in [1.82, 2.24) is 5.32 Å². The molecule has 0 rings (SSSR count). The summed E-state index contributed by atoms with van der Waals surface area (Å²) in [6, 6.07) is 0. The summed E-state index contributed by atoms with van der Waals surface area (Å²) in [7, 11) is 0. The highest BCUT2D eigenvalue weighted by atomic mass is 17.1. The number of amides is 1. The molecule has 0 saturated heterocycles. The average molecular weight is 472 g/mol. The highest BCUT2D eigenvalue weighted by Crippen LogP contribution is 2.15. The van der Waals surface area contributed by atoms with Crippen molar-refractivity contribution < 1.29 is 20.0 Å². The Hall–Kier alpha value is -0.650.